The van der Waals surface area contributed by atoms with E-state index in [0.29, 0.717) is 5.82 Å². The quantitative estimate of drug-likeness (QED) is 0.572. The maximum absolute atomic E-state index is 8.88. The van der Waals surface area contributed by atoms with Crippen LogP contribution in [0.2, 0.25) is 0 Å². The average Bonchev–Trinajstić information content (AvgIpc) is 3.28. The molecule has 0 unspecified atom stereocenters. The molecule has 3 aromatic heterocycles. The average molecular weight is 334 g/mol. The molecule has 0 saturated carbocycles. The predicted octanol–water partition coefficient (Wildman–Crippen LogP) is 2.82. The van der Waals surface area contributed by atoms with Gasteiger partial charge >= 0.3 is 0 Å². The lowest BCUT2D eigenvalue weighted by atomic mass is 10.2. The summed E-state index contributed by atoms with van der Waals surface area (Å²) in [5, 5.41) is 13.0. The fourth-order valence-corrected chi connectivity index (χ4v) is 3.42. The van der Waals surface area contributed by atoms with E-state index in [1.807, 2.05) is 36.4 Å². The van der Waals surface area contributed by atoms with Gasteiger partial charge in [-0.25, -0.2) is 15.0 Å². The van der Waals surface area contributed by atoms with Crippen LogP contribution in [0.15, 0.2) is 43.0 Å². The Hall–Kier alpha value is -3.31. The Kier molecular flexibility index (Phi) is 3.40. The van der Waals surface area contributed by atoms with Crippen LogP contribution in [0.4, 0.5) is 0 Å². The van der Waals surface area contributed by atoms with Gasteiger partial charge in [-0.1, -0.05) is 0 Å². The summed E-state index contributed by atoms with van der Waals surface area (Å²) in [7, 11) is 1.64. The summed E-state index contributed by atoms with van der Waals surface area (Å²) in [6.45, 7) is 0. The monoisotopic (exact) mass is 334 g/mol. The van der Waals surface area contributed by atoms with Crippen molar-refractivity contribution in [3.63, 3.8) is 0 Å². The second-order valence-electron chi connectivity index (χ2n) is 4.88. The smallest absolute Gasteiger partial charge is 0.252 e. The minimum atomic E-state index is 0.105. The molecule has 116 valence electrons. The first-order chi connectivity index (χ1) is 11.8. The molecule has 0 N–H and O–H groups in total. The van der Waals surface area contributed by atoms with Crippen LogP contribution in [0.3, 0.4) is 0 Å². The maximum Gasteiger partial charge on any atom is 0.252 e. The lowest BCUT2D eigenvalue weighted by Gasteiger charge is -2.00. The normalized spacial score (nSPS) is 10.7. The topological polar surface area (TPSA) is 89.5 Å². The number of benzene rings is 1. The number of nitrogens with zero attached hydrogens (tertiary/aromatic N) is 6. The molecule has 4 aromatic rings. The lowest BCUT2D eigenvalue weighted by Crippen LogP contribution is -1.99. The highest BCUT2D eigenvalue weighted by molar-refractivity contribution is 7.22. The van der Waals surface area contributed by atoms with Gasteiger partial charge < -0.3 is 4.74 Å². The molecule has 4 rings (SSSR count). The Bertz CT molecular complexity index is 1060. The molecule has 0 spiro atoms. The number of hydrogen-bond donors (Lipinski definition) is 0. The van der Waals surface area contributed by atoms with E-state index < -0.39 is 0 Å². The van der Waals surface area contributed by atoms with Crippen LogP contribution in [0.5, 0.6) is 5.75 Å². The number of aromatic nitrogens is 5. The summed E-state index contributed by atoms with van der Waals surface area (Å²) >= 11 is 1.56. The minimum Gasteiger partial charge on any atom is -0.497 e. The summed E-state index contributed by atoms with van der Waals surface area (Å²) in [5.41, 5.74) is 1.89. The second-order valence-corrected chi connectivity index (χ2v) is 5.93. The van der Waals surface area contributed by atoms with Gasteiger partial charge in [-0.15, -0.1) is 16.4 Å². The molecule has 0 aliphatic rings. The Labute approximate surface area is 140 Å². The lowest BCUT2D eigenvalue weighted by molar-refractivity contribution is 0.415. The van der Waals surface area contributed by atoms with Crippen LogP contribution >= 0.6 is 11.3 Å². The third-order valence-corrected chi connectivity index (χ3v) is 4.65. The Morgan fingerprint density at radius 2 is 2.00 bits per heavy atom. The van der Waals surface area contributed by atoms with Crippen molar-refractivity contribution in [2.24, 2.45) is 0 Å². The van der Waals surface area contributed by atoms with E-state index in [-0.39, 0.29) is 5.82 Å². The van der Waals surface area contributed by atoms with E-state index in [2.05, 4.69) is 20.1 Å². The second kappa shape index (κ2) is 5.72. The molecule has 0 aliphatic heterocycles. The van der Waals surface area contributed by atoms with Gasteiger partial charge in [0.05, 0.1) is 17.3 Å². The van der Waals surface area contributed by atoms with E-state index in [1.54, 1.807) is 18.4 Å². The Balaban J connectivity index is 1.83. The highest BCUT2D eigenvalue weighted by Gasteiger charge is 2.13. The van der Waals surface area contributed by atoms with Gasteiger partial charge in [0.1, 0.15) is 24.5 Å². The third kappa shape index (κ3) is 2.37. The SMILES string of the molecule is COc1ccc(-c2cc3ncnc(-n4cnc(C#N)n4)c3s2)cc1. The molecule has 0 bridgehead atoms. The fraction of sp³-hybridized carbons (Fsp3) is 0.0625. The van der Waals surface area contributed by atoms with Crippen molar-refractivity contribution in [3.05, 3.63) is 48.8 Å². The number of rotatable bonds is 3. The summed E-state index contributed by atoms with van der Waals surface area (Å²) in [6.07, 6.45) is 2.96. The Morgan fingerprint density at radius 1 is 1.17 bits per heavy atom. The van der Waals surface area contributed by atoms with E-state index in [9.17, 15) is 0 Å². The number of fused-ring (bicyclic) bond motifs is 1. The molecule has 8 heteroatoms. The van der Waals surface area contributed by atoms with Gasteiger partial charge in [0, 0.05) is 4.88 Å². The zero-order valence-electron chi connectivity index (χ0n) is 12.5. The van der Waals surface area contributed by atoms with Crippen molar-refractivity contribution in [2.75, 3.05) is 7.11 Å². The van der Waals surface area contributed by atoms with Gasteiger partial charge in [0.15, 0.2) is 5.82 Å². The van der Waals surface area contributed by atoms with Crippen molar-refractivity contribution < 1.29 is 4.74 Å². The maximum atomic E-state index is 8.88. The van der Waals surface area contributed by atoms with Crippen LogP contribution in [0, 0.1) is 11.3 Å². The summed E-state index contributed by atoms with van der Waals surface area (Å²) in [6, 6.07) is 11.8. The van der Waals surface area contributed by atoms with Gasteiger partial charge in [-0.05, 0) is 35.9 Å². The summed E-state index contributed by atoms with van der Waals surface area (Å²) < 4.78 is 7.57. The van der Waals surface area contributed by atoms with Crippen molar-refractivity contribution >= 4 is 21.6 Å². The van der Waals surface area contributed by atoms with Gasteiger partial charge in [0.25, 0.3) is 5.82 Å². The zero-order valence-corrected chi connectivity index (χ0v) is 13.4. The number of methoxy groups -OCH3 is 1. The summed E-state index contributed by atoms with van der Waals surface area (Å²) in [4.78, 5) is 13.6. The van der Waals surface area contributed by atoms with E-state index in [1.165, 1.54) is 17.3 Å². The van der Waals surface area contributed by atoms with Gasteiger partial charge in [-0.3, -0.25) is 0 Å². The summed E-state index contributed by atoms with van der Waals surface area (Å²) in [5.74, 6) is 1.53. The van der Waals surface area contributed by atoms with Crippen LogP contribution in [-0.4, -0.2) is 31.8 Å². The van der Waals surface area contributed by atoms with E-state index in [4.69, 9.17) is 10.00 Å². The highest BCUT2D eigenvalue weighted by atomic mass is 32.1. The first kappa shape index (κ1) is 14.3. The minimum absolute atomic E-state index is 0.105. The molecule has 0 saturated heterocycles. The molecule has 3 heterocycles. The molecule has 0 amide bonds. The predicted molar refractivity (Wildman–Crippen MR) is 89.0 cm³/mol. The standard InChI is InChI=1S/C16H10N6OS/c1-23-11-4-2-10(3-5-11)13-6-12-15(24-13)16(19-8-18-12)22-9-20-14(7-17)21-22/h2-6,8-9H,1H3. The van der Waals surface area contributed by atoms with Crippen LogP contribution in [-0.2, 0) is 0 Å². The molecular weight excluding hydrogens is 324 g/mol. The van der Waals surface area contributed by atoms with Crippen molar-refractivity contribution in [3.8, 4) is 28.1 Å². The Morgan fingerprint density at radius 3 is 2.71 bits per heavy atom. The molecular formula is C16H10N6OS. The molecule has 0 atom stereocenters. The molecule has 0 aliphatic carbocycles. The number of nitriles is 1. The first-order valence-corrected chi connectivity index (χ1v) is 7.81. The molecule has 1 aromatic carbocycles. The number of hydrogen-bond acceptors (Lipinski definition) is 7. The van der Waals surface area contributed by atoms with Crippen molar-refractivity contribution in [1.29, 1.82) is 5.26 Å². The van der Waals surface area contributed by atoms with Gasteiger partial charge in [0.2, 0.25) is 0 Å². The van der Waals surface area contributed by atoms with Gasteiger partial charge in [-0.2, -0.15) is 9.94 Å². The molecule has 0 radical (unpaired) electrons. The third-order valence-electron chi connectivity index (χ3n) is 3.48. The molecule has 7 nitrogen and oxygen atoms in total. The zero-order chi connectivity index (χ0) is 16.5. The fourth-order valence-electron chi connectivity index (χ4n) is 2.32. The highest BCUT2D eigenvalue weighted by Crippen LogP contribution is 2.35. The number of ether oxygens (including phenoxy) is 1. The number of thiophene rings is 1. The van der Waals surface area contributed by atoms with E-state index in [0.717, 1.165) is 26.4 Å². The van der Waals surface area contributed by atoms with Crippen LogP contribution in [0.1, 0.15) is 5.82 Å². The first-order valence-electron chi connectivity index (χ1n) is 6.99. The largest absolute Gasteiger partial charge is 0.497 e. The van der Waals surface area contributed by atoms with E-state index >= 15 is 0 Å². The van der Waals surface area contributed by atoms with Crippen molar-refractivity contribution in [2.45, 2.75) is 0 Å². The molecule has 24 heavy (non-hydrogen) atoms. The van der Waals surface area contributed by atoms with Crippen LogP contribution < -0.4 is 4.74 Å². The van der Waals surface area contributed by atoms with Crippen LogP contribution in [0.25, 0.3) is 26.5 Å². The molecule has 0 fully saturated rings. The van der Waals surface area contributed by atoms with Crippen molar-refractivity contribution in [1.82, 2.24) is 24.7 Å².